The van der Waals surface area contributed by atoms with Gasteiger partial charge in [-0.25, -0.2) is 4.68 Å². The summed E-state index contributed by atoms with van der Waals surface area (Å²) in [5.41, 5.74) is 3.27. The first-order valence-electron chi connectivity index (χ1n) is 5.99. The molecule has 1 aromatic carbocycles. The van der Waals surface area contributed by atoms with Crippen LogP contribution in [0.1, 0.15) is 5.56 Å². The Balaban J connectivity index is 1.66. The quantitative estimate of drug-likeness (QED) is 0.768. The number of tetrazole rings is 1. The van der Waals surface area contributed by atoms with Crippen molar-refractivity contribution in [2.45, 2.75) is 6.54 Å². The lowest BCUT2D eigenvalue weighted by Gasteiger charge is -2.06. The number of aryl methyl sites for hydroxylation is 1. The molecule has 0 fully saturated rings. The van der Waals surface area contributed by atoms with Crippen LogP contribution in [0, 0.1) is 0 Å². The Bertz CT molecular complexity index is 638. The molecule has 0 spiro atoms. The topological polar surface area (TPSA) is 60.6 Å². The van der Waals surface area contributed by atoms with Crippen molar-refractivity contribution in [2.24, 2.45) is 7.05 Å². The maximum absolute atomic E-state index is 3.84. The molecule has 0 atom stereocenters. The van der Waals surface area contributed by atoms with E-state index >= 15 is 0 Å². The van der Waals surface area contributed by atoms with Crippen LogP contribution in [-0.4, -0.2) is 24.8 Å². The number of nitrogens with one attached hydrogen (secondary N) is 1. The minimum absolute atomic E-state index is 0.811. The molecule has 0 radical (unpaired) electrons. The summed E-state index contributed by atoms with van der Waals surface area (Å²) in [5, 5.41) is 14.4. The first-order chi connectivity index (χ1) is 9.31. The molecule has 0 aliphatic rings. The molecule has 0 amide bonds. The number of hydrogen-bond donors (Lipinski definition) is 1. The molecule has 6 nitrogen and oxygen atoms in total. The number of anilines is 1. The number of nitrogens with zero attached hydrogens (tertiary/aromatic N) is 5. The summed E-state index contributed by atoms with van der Waals surface area (Å²) in [4.78, 5) is 0. The Morgan fingerprint density at radius 3 is 2.63 bits per heavy atom. The predicted molar refractivity (Wildman–Crippen MR) is 71.9 cm³/mol. The van der Waals surface area contributed by atoms with E-state index in [-0.39, 0.29) is 0 Å². The SMILES string of the molecule is Cn1ccc(CNc2ccc(-n3cnnn3)cc2)c1. The van der Waals surface area contributed by atoms with Gasteiger partial charge in [0, 0.05) is 31.7 Å². The summed E-state index contributed by atoms with van der Waals surface area (Å²) in [5.74, 6) is 0. The zero-order valence-corrected chi connectivity index (χ0v) is 10.6. The monoisotopic (exact) mass is 254 g/mol. The number of benzene rings is 1. The minimum Gasteiger partial charge on any atom is -0.381 e. The molecule has 96 valence electrons. The normalized spacial score (nSPS) is 10.6. The van der Waals surface area contributed by atoms with Crippen LogP contribution < -0.4 is 5.32 Å². The summed E-state index contributed by atoms with van der Waals surface area (Å²) < 4.78 is 3.67. The van der Waals surface area contributed by atoms with E-state index in [1.807, 2.05) is 42.1 Å². The Morgan fingerprint density at radius 2 is 2.00 bits per heavy atom. The van der Waals surface area contributed by atoms with E-state index in [4.69, 9.17) is 0 Å². The van der Waals surface area contributed by atoms with Gasteiger partial charge in [0.2, 0.25) is 0 Å². The molecule has 3 rings (SSSR count). The average Bonchev–Trinajstić information content (AvgIpc) is 3.08. The van der Waals surface area contributed by atoms with Crippen molar-refractivity contribution >= 4 is 5.69 Å². The summed E-state index contributed by atoms with van der Waals surface area (Å²) in [7, 11) is 2.02. The first kappa shape index (κ1) is 11.5. The smallest absolute Gasteiger partial charge is 0.143 e. The maximum atomic E-state index is 3.84. The second-order valence-corrected chi connectivity index (χ2v) is 4.34. The molecule has 1 N–H and O–H groups in total. The minimum atomic E-state index is 0.811. The van der Waals surface area contributed by atoms with Crippen molar-refractivity contribution in [2.75, 3.05) is 5.32 Å². The van der Waals surface area contributed by atoms with Gasteiger partial charge >= 0.3 is 0 Å². The highest BCUT2D eigenvalue weighted by Crippen LogP contribution is 2.13. The Hall–Kier alpha value is -2.63. The molecule has 2 heterocycles. The Kier molecular flexibility index (Phi) is 2.97. The highest BCUT2D eigenvalue weighted by atomic mass is 15.5. The third kappa shape index (κ3) is 2.62. The van der Waals surface area contributed by atoms with Crippen LogP contribution in [0.2, 0.25) is 0 Å². The van der Waals surface area contributed by atoms with Crippen molar-refractivity contribution in [3.8, 4) is 5.69 Å². The van der Waals surface area contributed by atoms with E-state index in [9.17, 15) is 0 Å². The summed E-state index contributed by atoms with van der Waals surface area (Å²) in [6, 6.07) is 10.1. The molecule has 0 saturated carbocycles. The summed E-state index contributed by atoms with van der Waals surface area (Å²) >= 11 is 0. The lowest BCUT2D eigenvalue weighted by molar-refractivity contribution is 0.789. The lowest BCUT2D eigenvalue weighted by Crippen LogP contribution is -1.99. The average molecular weight is 254 g/mol. The van der Waals surface area contributed by atoms with E-state index < -0.39 is 0 Å². The van der Waals surface area contributed by atoms with Crippen molar-refractivity contribution in [3.05, 3.63) is 54.6 Å². The maximum Gasteiger partial charge on any atom is 0.143 e. The van der Waals surface area contributed by atoms with Crippen LogP contribution in [0.4, 0.5) is 5.69 Å². The van der Waals surface area contributed by atoms with Gasteiger partial charge < -0.3 is 9.88 Å². The van der Waals surface area contributed by atoms with Crippen LogP contribution in [0.3, 0.4) is 0 Å². The van der Waals surface area contributed by atoms with Crippen LogP contribution in [0.15, 0.2) is 49.1 Å². The molecule has 2 aromatic heterocycles. The molecule has 0 bridgehead atoms. The highest BCUT2D eigenvalue weighted by Gasteiger charge is 1.99. The summed E-state index contributed by atoms with van der Waals surface area (Å²) in [6.07, 6.45) is 5.71. The van der Waals surface area contributed by atoms with Crippen LogP contribution >= 0.6 is 0 Å². The van der Waals surface area contributed by atoms with E-state index in [0.29, 0.717) is 0 Å². The van der Waals surface area contributed by atoms with Crippen molar-refractivity contribution in [3.63, 3.8) is 0 Å². The molecule has 19 heavy (non-hydrogen) atoms. The fourth-order valence-electron chi connectivity index (χ4n) is 1.88. The van der Waals surface area contributed by atoms with Gasteiger partial charge in [0.1, 0.15) is 6.33 Å². The fraction of sp³-hybridized carbons (Fsp3) is 0.154. The number of aromatic nitrogens is 5. The largest absolute Gasteiger partial charge is 0.381 e. The van der Waals surface area contributed by atoms with Crippen molar-refractivity contribution < 1.29 is 0 Å². The zero-order chi connectivity index (χ0) is 13.1. The number of hydrogen-bond acceptors (Lipinski definition) is 4. The van der Waals surface area contributed by atoms with E-state index in [1.165, 1.54) is 5.56 Å². The van der Waals surface area contributed by atoms with Crippen LogP contribution in [0.5, 0.6) is 0 Å². The zero-order valence-electron chi connectivity index (χ0n) is 10.6. The van der Waals surface area contributed by atoms with Gasteiger partial charge in [0.05, 0.1) is 5.69 Å². The van der Waals surface area contributed by atoms with Gasteiger partial charge in [-0.2, -0.15) is 0 Å². The van der Waals surface area contributed by atoms with Crippen LogP contribution in [-0.2, 0) is 13.6 Å². The lowest BCUT2D eigenvalue weighted by atomic mass is 10.2. The van der Waals surface area contributed by atoms with E-state index in [1.54, 1.807) is 11.0 Å². The third-order valence-electron chi connectivity index (χ3n) is 2.87. The predicted octanol–water partition coefficient (Wildman–Crippen LogP) is 1.61. The van der Waals surface area contributed by atoms with Crippen molar-refractivity contribution in [1.29, 1.82) is 0 Å². The van der Waals surface area contributed by atoms with Gasteiger partial charge in [0.15, 0.2) is 0 Å². The Labute approximate surface area is 110 Å². The van der Waals surface area contributed by atoms with Gasteiger partial charge in [-0.05, 0) is 46.3 Å². The second-order valence-electron chi connectivity index (χ2n) is 4.34. The number of rotatable bonds is 4. The standard InChI is InChI=1S/C13H14N6/c1-18-7-6-11(9-18)8-14-12-2-4-13(5-3-12)19-10-15-16-17-19/h2-7,9-10,14H,8H2,1H3. The Morgan fingerprint density at radius 1 is 1.16 bits per heavy atom. The second kappa shape index (κ2) is 4.93. The van der Waals surface area contributed by atoms with E-state index in [0.717, 1.165) is 17.9 Å². The molecular formula is C13H14N6. The van der Waals surface area contributed by atoms with Crippen molar-refractivity contribution in [1.82, 2.24) is 24.8 Å². The fourth-order valence-corrected chi connectivity index (χ4v) is 1.88. The van der Waals surface area contributed by atoms with Gasteiger partial charge in [-0.3, -0.25) is 0 Å². The molecule has 0 unspecified atom stereocenters. The molecule has 0 aliphatic carbocycles. The molecule has 3 aromatic rings. The van der Waals surface area contributed by atoms with Gasteiger partial charge in [-0.1, -0.05) is 0 Å². The van der Waals surface area contributed by atoms with E-state index in [2.05, 4.69) is 33.1 Å². The first-order valence-corrected chi connectivity index (χ1v) is 5.99. The molecule has 0 saturated heterocycles. The van der Waals surface area contributed by atoms with Gasteiger partial charge in [-0.15, -0.1) is 5.10 Å². The van der Waals surface area contributed by atoms with Gasteiger partial charge in [0.25, 0.3) is 0 Å². The molecule has 0 aliphatic heterocycles. The third-order valence-corrected chi connectivity index (χ3v) is 2.87. The van der Waals surface area contributed by atoms with Crippen LogP contribution in [0.25, 0.3) is 5.69 Å². The highest BCUT2D eigenvalue weighted by molar-refractivity contribution is 5.48. The molecular weight excluding hydrogens is 240 g/mol. The molecule has 6 heteroatoms. The summed E-state index contributed by atoms with van der Waals surface area (Å²) in [6.45, 7) is 0.811.